The highest BCUT2D eigenvalue weighted by molar-refractivity contribution is 6.02. The van der Waals surface area contributed by atoms with Crippen LogP contribution >= 0.6 is 0 Å². The lowest BCUT2D eigenvalue weighted by molar-refractivity contribution is 0.0810. The van der Waals surface area contributed by atoms with Crippen molar-refractivity contribution >= 4 is 11.6 Å². The molecule has 0 bridgehead atoms. The molecule has 0 unspecified atom stereocenters. The van der Waals surface area contributed by atoms with Crippen molar-refractivity contribution in [2.24, 2.45) is 5.16 Å². The van der Waals surface area contributed by atoms with Gasteiger partial charge in [-0.05, 0) is 55.0 Å². The Morgan fingerprint density at radius 1 is 1.26 bits per heavy atom. The number of benzene rings is 1. The van der Waals surface area contributed by atoms with Gasteiger partial charge < -0.3 is 14.9 Å². The number of nitrogens with one attached hydrogen (secondary N) is 2. The van der Waals surface area contributed by atoms with Crippen LogP contribution in [0.2, 0.25) is 0 Å². The van der Waals surface area contributed by atoms with Crippen LogP contribution < -0.4 is 15.6 Å². The first-order chi connectivity index (χ1) is 16.9. The van der Waals surface area contributed by atoms with Crippen LogP contribution in [0.15, 0.2) is 40.3 Å². The van der Waals surface area contributed by atoms with Crippen molar-refractivity contribution in [1.29, 1.82) is 0 Å². The van der Waals surface area contributed by atoms with E-state index in [1.165, 1.54) is 19.2 Å². The predicted octanol–water partition coefficient (Wildman–Crippen LogP) is 2.69. The van der Waals surface area contributed by atoms with Crippen molar-refractivity contribution in [1.82, 2.24) is 25.5 Å². The fourth-order valence-corrected chi connectivity index (χ4v) is 4.00. The number of H-pyrrole nitrogens is 1. The van der Waals surface area contributed by atoms with Crippen LogP contribution in [-0.4, -0.2) is 38.9 Å². The number of carbonyl (C=O) groups is 1. The minimum Gasteiger partial charge on any atom is -0.494 e. The van der Waals surface area contributed by atoms with E-state index < -0.39 is 17.8 Å². The molecule has 1 fully saturated rings. The molecule has 10 nitrogen and oxygen atoms in total. The van der Waals surface area contributed by atoms with Gasteiger partial charge in [0, 0.05) is 19.0 Å². The third-order valence-electron chi connectivity index (χ3n) is 5.89. The summed E-state index contributed by atoms with van der Waals surface area (Å²) in [5.41, 5.74) is 3.22. The lowest BCUT2D eigenvalue weighted by Gasteiger charge is -2.11. The van der Waals surface area contributed by atoms with Crippen LogP contribution in [-0.2, 0) is 11.4 Å². The van der Waals surface area contributed by atoms with E-state index in [1.807, 2.05) is 0 Å². The van der Waals surface area contributed by atoms with Crippen LogP contribution in [0.25, 0.3) is 0 Å². The second kappa shape index (κ2) is 9.24. The average molecular weight is 478 g/mol. The lowest BCUT2D eigenvalue weighted by Crippen LogP contribution is -2.25. The highest BCUT2D eigenvalue weighted by atomic mass is 19.1. The Balaban J connectivity index is 1.30. The van der Waals surface area contributed by atoms with E-state index in [4.69, 9.17) is 9.57 Å². The smallest absolute Gasteiger partial charge is 0.270 e. The SMILES string of the molecule is COc1cc(CNC(=O)c2cc(C3=NO[C@@H](c4n[nH]c(=O)cc4C4CC4)C3)nc(C)n2)ccc1F. The summed E-state index contributed by atoms with van der Waals surface area (Å²) < 4.78 is 18.6. The van der Waals surface area contributed by atoms with Crippen molar-refractivity contribution in [3.8, 4) is 5.75 Å². The molecular weight excluding hydrogens is 455 g/mol. The van der Waals surface area contributed by atoms with Gasteiger partial charge in [-0.3, -0.25) is 9.59 Å². The molecule has 11 heteroatoms. The highest BCUT2D eigenvalue weighted by Crippen LogP contribution is 2.43. The molecule has 0 radical (unpaired) electrons. The maximum Gasteiger partial charge on any atom is 0.270 e. The van der Waals surface area contributed by atoms with Crippen LogP contribution in [0.4, 0.5) is 4.39 Å². The molecule has 2 aromatic heterocycles. The van der Waals surface area contributed by atoms with E-state index >= 15 is 0 Å². The van der Waals surface area contributed by atoms with E-state index in [1.54, 1.807) is 25.1 Å². The Morgan fingerprint density at radius 2 is 2.09 bits per heavy atom. The first-order valence-electron chi connectivity index (χ1n) is 11.2. The quantitative estimate of drug-likeness (QED) is 0.534. The zero-order valence-electron chi connectivity index (χ0n) is 19.2. The van der Waals surface area contributed by atoms with E-state index in [9.17, 15) is 14.0 Å². The number of aromatic amines is 1. The highest BCUT2D eigenvalue weighted by Gasteiger charge is 2.34. The maximum atomic E-state index is 13.6. The summed E-state index contributed by atoms with van der Waals surface area (Å²) in [4.78, 5) is 38.8. The lowest BCUT2D eigenvalue weighted by atomic mass is 10.0. The number of carbonyl (C=O) groups excluding carboxylic acids is 1. The summed E-state index contributed by atoms with van der Waals surface area (Å²) in [7, 11) is 1.38. The van der Waals surface area contributed by atoms with Gasteiger partial charge in [-0.2, -0.15) is 5.10 Å². The largest absolute Gasteiger partial charge is 0.494 e. The second-order valence-corrected chi connectivity index (χ2v) is 8.52. The topological polar surface area (TPSA) is 131 Å². The van der Waals surface area contributed by atoms with Gasteiger partial charge >= 0.3 is 0 Å². The number of hydrogen-bond donors (Lipinski definition) is 2. The number of rotatable bonds is 7. The van der Waals surface area contributed by atoms with Crippen molar-refractivity contribution in [2.45, 2.75) is 44.8 Å². The summed E-state index contributed by atoms with van der Waals surface area (Å²) in [5, 5.41) is 13.7. The van der Waals surface area contributed by atoms with E-state index in [0.717, 1.165) is 18.4 Å². The minimum atomic E-state index is -0.474. The van der Waals surface area contributed by atoms with Crippen LogP contribution in [0.5, 0.6) is 5.75 Å². The van der Waals surface area contributed by atoms with Crippen molar-refractivity contribution in [2.75, 3.05) is 7.11 Å². The molecule has 2 N–H and O–H groups in total. The zero-order valence-corrected chi connectivity index (χ0v) is 19.2. The van der Waals surface area contributed by atoms with Gasteiger partial charge in [-0.25, -0.2) is 19.5 Å². The summed E-state index contributed by atoms with van der Waals surface area (Å²) in [6.07, 6.45) is 1.99. The molecule has 3 heterocycles. The Labute approximate surface area is 199 Å². The van der Waals surface area contributed by atoms with E-state index in [-0.39, 0.29) is 23.5 Å². The summed E-state index contributed by atoms with van der Waals surface area (Å²) in [6.45, 7) is 1.86. The molecule has 1 aliphatic heterocycles. The number of methoxy groups -OCH3 is 1. The van der Waals surface area contributed by atoms with Gasteiger partial charge in [0.05, 0.1) is 12.8 Å². The molecule has 180 valence electrons. The van der Waals surface area contributed by atoms with Crippen molar-refractivity contribution in [3.63, 3.8) is 0 Å². The number of halogens is 1. The molecule has 1 aromatic carbocycles. The van der Waals surface area contributed by atoms with Gasteiger partial charge in [0.15, 0.2) is 17.7 Å². The summed E-state index contributed by atoms with van der Waals surface area (Å²) in [5.74, 6) is -0.0482. The van der Waals surface area contributed by atoms with Crippen LogP contribution in [0.3, 0.4) is 0 Å². The first kappa shape index (κ1) is 22.6. The Kier molecular flexibility index (Phi) is 5.98. The van der Waals surface area contributed by atoms with Gasteiger partial charge in [0.25, 0.3) is 11.5 Å². The van der Waals surface area contributed by atoms with E-state index in [0.29, 0.717) is 40.8 Å². The second-order valence-electron chi connectivity index (χ2n) is 8.52. The number of amides is 1. The molecule has 0 spiro atoms. The van der Waals surface area contributed by atoms with Crippen LogP contribution in [0.1, 0.15) is 70.1 Å². The first-order valence-corrected chi connectivity index (χ1v) is 11.2. The summed E-state index contributed by atoms with van der Waals surface area (Å²) >= 11 is 0. The molecule has 3 aromatic rings. The average Bonchev–Trinajstić information content (AvgIpc) is 3.59. The van der Waals surface area contributed by atoms with Gasteiger partial charge in [0.1, 0.15) is 22.9 Å². The number of ether oxygens (including phenoxy) is 1. The molecule has 1 amide bonds. The molecule has 5 rings (SSSR count). The van der Waals surface area contributed by atoms with Crippen molar-refractivity contribution < 1.29 is 18.8 Å². The maximum absolute atomic E-state index is 13.6. The summed E-state index contributed by atoms with van der Waals surface area (Å²) in [6, 6.07) is 7.52. The zero-order chi connectivity index (χ0) is 24.5. The number of hydrogen-bond acceptors (Lipinski definition) is 8. The monoisotopic (exact) mass is 478 g/mol. The van der Waals surface area contributed by atoms with Gasteiger partial charge in [-0.15, -0.1) is 0 Å². The Bertz CT molecular complexity index is 1380. The minimum absolute atomic E-state index is 0.104. The number of aromatic nitrogens is 4. The number of aryl methyl sites for hydroxylation is 1. The van der Waals surface area contributed by atoms with Gasteiger partial charge in [0.2, 0.25) is 0 Å². The van der Waals surface area contributed by atoms with Crippen molar-refractivity contribution in [3.05, 3.63) is 80.5 Å². The molecular formula is C24H23FN6O4. The molecule has 0 saturated heterocycles. The normalized spacial score (nSPS) is 17.0. The predicted molar refractivity (Wildman–Crippen MR) is 123 cm³/mol. The van der Waals surface area contributed by atoms with E-state index in [2.05, 4.69) is 30.6 Å². The molecule has 1 atom stereocenters. The number of nitrogens with zero attached hydrogens (tertiary/aromatic N) is 4. The fraction of sp³-hybridized carbons (Fsp3) is 0.333. The Morgan fingerprint density at radius 3 is 2.86 bits per heavy atom. The number of oxime groups is 1. The third kappa shape index (κ3) is 4.88. The van der Waals surface area contributed by atoms with Crippen LogP contribution in [0, 0.1) is 12.7 Å². The molecule has 35 heavy (non-hydrogen) atoms. The molecule has 2 aliphatic rings. The third-order valence-corrected chi connectivity index (χ3v) is 5.89. The Hall–Kier alpha value is -4.15. The standard InChI is InChI=1S/C24H23FN6O4/c1-12-27-17(9-19(28-12)24(33)26-11-13-3-6-16(25)20(7-13)34-2)18-10-21(35-31-18)23-15(14-4-5-14)8-22(32)29-30-23/h3,6-9,14,21H,4-5,10-11H2,1-2H3,(H,26,33)(H,29,32)/t21-/m1/s1. The fourth-order valence-electron chi connectivity index (χ4n) is 4.00. The van der Waals surface area contributed by atoms with Gasteiger partial charge in [-0.1, -0.05) is 11.2 Å². The molecule has 1 saturated carbocycles. The molecule has 1 aliphatic carbocycles.